The second kappa shape index (κ2) is 4.11. The molecule has 1 atom stereocenters. The number of hydrogen-bond acceptors (Lipinski definition) is 2. The van der Waals surface area contributed by atoms with Crippen LogP contribution in [0.15, 0.2) is 0 Å². The highest BCUT2D eigenvalue weighted by atomic mass is 19.3. The molecule has 2 fully saturated rings. The summed E-state index contributed by atoms with van der Waals surface area (Å²) in [6.07, 6.45) is 0.820. The minimum absolute atomic E-state index is 0.129. The summed E-state index contributed by atoms with van der Waals surface area (Å²) in [5, 5.41) is 0. The van der Waals surface area contributed by atoms with Gasteiger partial charge in [0.25, 0.3) is 5.92 Å². The third-order valence-electron chi connectivity index (χ3n) is 3.04. The van der Waals surface area contributed by atoms with Gasteiger partial charge < -0.3 is 9.64 Å². The maximum Gasteiger partial charge on any atom is 0.255 e. The fourth-order valence-corrected chi connectivity index (χ4v) is 1.90. The lowest BCUT2D eigenvalue weighted by Gasteiger charge is -2.07. The topological polar surface area (TPSA) is 12.5 Å². The Morgan fingerprint density at radius 3 is 2.07 bits per heavy atom. The number of methoxy groups -OCH3 is 1. The molecule has 0 N–H and O–H groups in total. The number of alkyl halides is 2. The van der Waals surface area contributed by atoms with Crippen molar-refractivity contribution in [3.05, 3.63) is 0 Å². The van der Waals surface area contributed by atoms with Gasteiger partial charge in [0.1, 0.15) is 0 Å². The van der Waals surface area contributed by atoms with Crippen LogP contribution in [-0.4, -0.2) is 44.7 Å². The highest BCUT2D eigenvalue weighted by molar-refractivity contribution is 5.13. The standard InChI is InChI=1S/C7H11F2N.C3H8O/c1-10-3-2-6(5-10)4-7(6,8)9;1-3-4-2/h2-5H2,1H3;3H2,1-2H3. The van der Waals surface area contributed by atoms with Crippen LogP contribution in [0.4, 0.5) is 8.78 Å². The van der Waals surface area contributed by atoms with Crippen molar-refractivity contribution in [1.82, 2.24) is 4.90 Å². The Morgan fingerprint density at radius 1 is 1.43 bits per heavy atom. The number of hydrogen-bond donors (Lipinski definition) is 0. The van der Waals surface area contributed by atoms with Gasteiger partial charge in [-0.2, -0.15) is 0 Å². The van der Waals surface area contributed by atoms with Crippen molar-refractivity contribution in [2.24, 2.45) is 5.41 Å². The lowest BCUT2D eigenvalue weighted by Crippen LogP contribution is -2.17. The van der Waals surface area contributed by atoms with E-state index in [9.17, 15) is 8.78 Å². The van der Waals surface area contributed by atoms with Gasteiger partial charge in [-0.15, -0.1) is 0 Å². The van der Waals surface area contributed by atoms with E-state index in [1.54, 1.807) is 7.11 Å². The minimum atomic E-state index is -2.34. The molecule has 4 heteroatoms. The first-order chi connectivity index (χ1) is 6.47. The van der Waals surface area contributed by atoms with Crippen molar-refractivity contribution < 1.29 is 13.5 Å². The lowest BCUT2D eigenvalue weighted by molar-refractivity contribution is 0.0673. The molecule has 0 aromatic heterocycles. The Labute approximate surface area is 84.2 Å². The van der Waals surface area contributed by atoms with Crippen LogP contribution >= 0.6 is 0 Å². The first kappa shape index (κ1) is 11.9. The fourth-order valence-electron chi connectivity index (χ4n) is 1.90. The van der Waals surface area contributed by atoms with Gasteiger partial charge in [-0.05, 0) is 26.9 Å². The SMILES string of the molecule is CCOC.CN1CCC2(C1)CC2(F)F. The summed E-state index contributed by atoms with van der Waals surface area (Å²) in [6.45, 7) is 4.22. The molecule has 0 aromatic rings. The number of halogens is 2. The highest BCUT2D eigenvalue weighted by Crippen LogP contribution is 2.64. The Bertz CT molecular complexity index is 197. The molecule has 84 valence electrons. The van der Waals surface area contributed by atoms with Crippen LogP contribution in [0.25, 0.3) is 0 Å². The summed E-state index contributed by atoms with van der Waals surface area (Å²) < 4.78 is 29.8. The molecule has 0 aromatic carbocycles. The maximum absolute atomic E-state index is 12.6. The highest BCUT2D eigenvalue weighted by Gasteiger charge is 2.72. The zero-order valence-electron chi connectivity index (χ0n) is 9.15. The summed E-state index contributed by atoms with van der Waals surface area (Å²) in [7, 11) is 3.59. The zero-order chi connectivity index (χ0) is 10.8. The predicted molar refractivity (Wildman–Crippen MR) is 51.7 cm³/mol. The van der Waals surface area contributed by atoms with E-state index in [4.69, 9.17) is 0 Å². The summed E-state index contributed by atoms with van der Waals surface area (Å²) in [5.74, 6) is -2.34. The van der Waals surface area contributed by atoms with E-state index in [0.717, 1.165) is 13.2 Å². The van der Waals surface area contributed by atoms with Gasteiger partial charge in [0, 0.05) is 26.7 Å². The van der Waals surface area contributed by atoms with E-state index >= 15 is 0 Å². The quantitative estimate of drug-likeness (QED) is 0.652. The Balaban J connectivity index is 0.000000213. The van der Waals surface area contributed by atoms with Crippen LogP contribution in [0.2, 0.25) is 0 Å². The molecule has 2 aliphatic rings. The second-order valence-corrected chi connectivity index (χ2v) is 4.23. The van der Waals surface area contributed by atoms with Gasteiger partial charge in [-0.3, -0.25) is 0 Å². The average Bonchev–Trinajstić information content (AvgIpc) is 2.43. The van der Waals surface area contributed by atoms with Crippen molar-refractivity contribution in [3.8, 4) is 0 Å². The van der Waals surface area contributed by atoms with Gasteiger partial charge in [0.15, 0.2) is 0 Å². The van der Waals surface area contributed by atoms with E-state index < -0.39 is 11.3 Å². The predicted octanol–water partition coefficient (Wildman–Crippen LogP) is 2.00. The number of nitrogens with zero attached hydrogens (tertiary/aromatic N) is 1. The van der Waals surface area contributed by atoms with Gasteiger partial charge in [-0.25, -0.2) is 8.78 Å². The summed E-state index contributed by atoms with van der Waals surface area (Å²) >= 11 is 0. The largest absolute Gasteiger partial charge is 0.385 e. The molecule has 0 amide bonds. The normalized spacial score (nSPS) is 34.1. The summed E-state index contributed by atoms with van der Waals surface area (Å²) in [5.41, 5.74) is -0.595. The molecule has 0 bridgehead atoms. The maximum atomic E-state index is 12.6. The van der Waals surface area contributed by atoms with Gasteiger partial charge in [0.05, 0.1) is 5.41 Å². The third kappa shape index (κ3) is 2.23. The summed E-state index contributed by atoms with van der Waals surface area (Å²) in [4.78, 5) is 1.99. The van der Waals surface area contributed by atoms with Crippen LogP contribution in [-0.2, 0) is 4.74 Å². The van der Waals surface area contributed by atoms with Gasteiger partial charge >= 0.3 is 0 Å². The van der Waals surface area contributed by atoms with Crippen LogP contribution < -0.4 is 0 Å². The van der Waals surface area contributed by atoms with Crippen molar-refractivity contribution in [2.45, 2.75) is 25.7 Å². The van der Waals surface area contributed by atoms with Crippen LogP contribution in [0.1, 0.15) is 19.8 Å². The number of rotatable bonds is 1. The molecule has 1 aliphatic heterocycles. The van der Waals surface area contributed by atoms with Crippen LogP contribution in [0.3, 0.4) is 0 Å². The molecule has 1 saturated heterocycles. The zero-order valence-corrected chi connectivity index (χ0v) is 9.15. The van der Waals surface area contributed by atoms with Crippen molar-refractivity contribution in [2.75, 3.05) is 33.9 Å². The first-order valence-electron chi connectivity index (χ1n) is 5.03. The molecule has 1 saturated carbocycles. The van der Waals surface area contributed by atoms with E-state index in [0.29, 0.717) is 13.0 Å². The minimum Gasteiger partial charge on any atom is -0.385 e. The van der Waals surface area contributed by atoms with Crippen molar-refractivity contribution >= 4 is 0 Å². The Kier molecular flexibility index (Phi) is 3.48. The molecular formula is C10H19F2NO. The van der Waals surface area contributed by atoms with E-state index in [2.05, 4.69) is 4.74 Å². The summed E-state index contributed by atoms with van der Waals surface area (Å²) in [6, 6.07) is 0. The molecular weight excluding hydrogens is 188 g/mol. The molecule has 1 spiro atoms. The van der Waals surface area contributed by atoms with Gasteiger partial charge in [-0.1, -0.05) is 0 Å². The number of ether oxygens (including phenoxy) is 1. The molecule has 1 aliphatic carbocycles. The van der Waals surface area contributed by atoms with Crippen LogP contribution in [0, 0.1) is 5.41 Å². The molecule has 2 rings (SSSR count). The van der Waals surface area contributed by atoms with Crippen molar-refractivity contribution in [3.63, 3.8) is 0 Å². The van der Waals surface area contributed by atoms with E-state index in [1.165, 1.54) is 0 Å². The molecule has 14 heavy (non-hydrogen) atoms. The molecule has 0 radical (unpaired) electrons. The van der Waals surface area contributed by atoms with E-state index in [1.807, 2.05) is 18.9 Å². The fraction of sp³-hybridized carbons (Fsp3) is 1.00. The molecule has 1 heterocycles. The second-order valence-electron chi connectivity index (χ2n) is 4.23. The van der Waals surface area contributed by atoms with Crippen LogP contribution in [0.5, 0.6) is 0 Å². The third-order valence-corrected chi connectivity index (χ3v) is 3.04. The molecule has 2 nitrogen and oxygen atoms in total. The van der Waals surface area contributed by atoms with Crippen molar-refractivity contribution in [1.29, 1.82) is 0 Å². The number of likely N-dealkylation sites (tertiary alicyclic amines) is 1. The van der Waals surface area contributed by atoms with Gasteiger partial charge in [0.2, 0.25) is 0 Å². The smallest absolute Gasteiger partial charge is 0.255 e. The monoisotopic (exact) mass is 207 g/mol. The lowest BCUT2D eigenvalue weighted by atomic mass is 10.1. The Morgan fingerprint density at radius 2 is 1.93 bits per heavy atom. The first-order valence-corrected chi connectivity index (χ1v) is 5.03. The average molecular weight is 207 g/mol. The van der Waals surface area contributed by atoms with E-state index in [-0.39, 0.29) is 6.42 Å². The Hall–Kier alpha value is -0.220. The molecule has 1 unspecified atom stereocenters.